The molecule has 2 aromatic carbocycles. The topological polar surface area (TPSA) is 59.6 Å². The van der Waals surface area contributed by atoms with Crippen LogP contribution in [0.3, 0.4) is 0 Å². The molecule has 0 atom stereocenters. The lowest BCUT2D eigenvalue weighted by atomic mass is 10.0. The number of amides is 2. The number of anilines is 1. The van der Waals surface area contributed by atoms with E-state index in [4.69, 9.17) is 9.47 Å². The molecule has 2 aliphatic heterocycles. The van der Waals surface area contributed by atoms with Gasteiger partial charge in [0.25, 0.3) is 0 Å². The number of carbonyl (C=O) groups is 1. The summed E-state index contributed by atoms with van der Waals surface area (Å²) in [5, 5.41) is 5.76. The van der Waals surface area contributed by atoms with Crippen molar-refractivity contribution in [3.8, 4) is 11.5 Å². The summed E-state index contributed by atoms with van der Waals surface area (Å²) in [7, 11) is 0. The summed E-state index contributed by atoms with van der Waals surface area (Å²) in [5.74, 6) is 1.34. The van der Waals surface area contributed by atoms with E-state index in [1.54, 1.807) is 12.1 Å². The van der Waals surface area contributed by atoms with E-state index in [0.717, 1.165) is 46.7 Å². The van der Waals surface area contributed by atoms with Crippen LogP contribution < -0.4 is 20.1 Å². The van der Waals surface area contributed by atoms with Gasteiger partial charge in [0.1, 0.15) is 17.3 Å². The molecule has 25 heavy (non-hydrogen) atoms. The Hall–Kier alpha value is -2.76. The number of rotatable bonds is 4. The van der Waals surface area contributed by atoms with Gasteiger partial charge in [0, 0.05) is 30.5 Å². The highest BCUT2D eigenvalue weighted by atomic mass is 19.1. The zero-order valence-corrected chi connectivity index (χ0v) is 13.7. The van der Waals surface area contributed by atoms with Gasteiger partial charge in [-0.3, -0.25) is 0 Å². The Morgan fingerprint density at radius 1 is 1.12 bits per heavy atom. The van der Waals surface area contributed by atoms with E-state index >= 15 is 0 Å². The minimum absolute atomic E-state index is 0.261. The van der Waals surface area contributed by atoms with Gasteiger partial charge < -0.3 is 20.1 Å². The zero-order valence-electron chi connectivity index (χ0n) is 13.7. The molecule has 0 saturated heterocycles. The van der Waals surface area contributed by atoms with Crippen molar-refractivity contribution < 1.29 is 18.7 Å². The summed E-state index contributed by atoms with van der Waals surface area (Å²) >= 11 is 0. The van der Waals surface area contributed by atoms with Crippen molar-refractivity contribution >= 4 is 11.7 Å². The maximum absolute atomic E-state index is 12.9. The molecule has 5 nitrogen and oxygen atoms in total. The number of hydrogen-bond donors (Lipinski definition) is 2. The van der Waals surface area contributed by atoms with Gasteiger partial charge in [0.05, 0.1) is 18.9 Å². The Morgan fingerprint density at radius 2 is 1.92 bits per heavy atom. The number of fused-ring (bicyclic) bond motifs is 2. The molecule has 0 aromatic heterocycles. The van der Waals surface area contributed by atoms with Crippen LogP contribution in [0.25, 0.3) is 0 Å². The summed E-state index contributed by atoms with van der Waals surface area (Å²) in [6.07, 6.45) is 2.22. The first-order valence-corrected chi connectivity index (χ1v) is 8.44. The Kier molecular flexibility index (Phi) is 4.17. The molecule has 2 aromatic rings. The fourth-order valence-electron chi connectivity index (χ4n) is 3.25. The lowest BCUT2D eigenvalue weighted by Gasteiger charge is -2.14. The molecule has 0 radical (unpaired) electrons. The summed E-state index contributed by atoms with van der Waals surface area (Å²) in [6.45, 7) is 1.71. The largest absolute Gasteiger partial charge is 0.493 e. The number of benzene rings is 2. The number of urea groups is 1. The molecule has 4 rings (SSSR count). The van der Waals surface area contributed by atoms with Crippen LogP contribution in [-0.2, 0) is 19.3 Å². The standard InChI is InChI=1S/C19H19FN2O3/c20-14-3-1-12(2-4-14)5-8-21-19(23)22-17-15-7-10-24-16(15)11-13-6-9-25-18(13)17/h1-4,11H,5-10H2,(H2,21,22,23). The van der Waals surface area contributed by atoms with Crippen molar-refractivity contribution in [1.82, 2.24) is 5.32 Å². The van der Waals surface area contributed by atoms with Crippen molar-refractivity contribution in [2.45, 2.75) is 19.3 Å². The highest BCUT2D eigenvalue weighted by molar-refractivity contribution is 5.93. The average molecular weight is 342 g/mol. The minimum Gasteiger partial charge on any atom is -0.493 e. The molecule has 0 bridgehead atoms. The molecule has 0 fully saturated rings. The molecular formula is C19H19FN2O3. The van der Waals surface area contributed by atoms with Crippen LogP contribution in [0.15, 0.2) is 30.3 Å². The number of ether oxygens (including phenoxy) is 2. The first kappa shape index (κ1) is 15.7. The predicted molar refractivity (Wildman–Crippen MR) is 92.0 cm³/mol. The smallest absolute Gasteiger partial charge is 0.319 e. The van der Waals surface area contributed by atoms with Gasteiger partial charge in [-0.2, -0.15) is 0 Å². The highest BCUT2D eigenvalue weighted by Gasteiger charge is 2.27. The first-order chi connectivity index (χ1) is 12.2. The fraction of sp³-hybridized carbons (Fsp3) is 0.316. The molecular weight excluding hydrogens is 323 g/mol. The summed E-state index contributed by atoms with van der Waals surface area (Å²) < 4.78 is 24.2. The van der Waals surface area contributed by atoms with E-state index in [1.165, 1.54) is 12.1 Å². The van der Waals surface area contributed by atoms with Crippen LogP contribution in [0, 0.1) is 5.82 Å². The molecule has 0 aliphatic carbocycles. The van der Waals surface area contributed by atoms with Gasteiger partial charge in [0.15, 0.2) is 0 Å². The molecule has 0 spiro atoms. The van der Waals surface area contributed by atoms with E-state index < -0.39 is 0 Å². The van der Waals surface area contributed by atoms with Gasteiger partial charge in [0.2, 0.25) is 0 Å². The normalized spacial score (nSPS) is 14.3. The third-order valence-electron chi connectivity index (χ3n) is 4.50. The summed E-state index contributed by atoms with van der Waals surface area (Å²) in [4.78, 5) is 12.3. The number of carbonyl (C=O) groups excluding carboxylic acids is 1. The van der Waals surface area contributed by atoms with Crippen molar-refractivity contribution in [2.24, 2.45) is 0 Å². The quantitative estimate of drug-likeness (QED) is 0.898. The van der Waals surface area contributed by atoms with Crippen molar-refractivity contribution in [3.63, 3.8) is 0 Å². The number of hydrogen-bond acceptors (Lipinski definition) is 3. The van der Waals surface area contributed by atoms with Crippen molar-refractivity contribution in [1.29, 1.82) is 0 Å². The maximum Gasteiger partial charge on any atom is 0.319 e. The lowest BCUT2D eigenvalue weighted by molar-refractivity contribution is 0.252. The Balaban J connectivity index is 1.41. The predicted octanol–water partition coefficient (Wildman–Crippen LogP) is 3.06. The van der Waals surface area contributed by atoms with Crippen LogP contribution in [-0.4, -0.2) is 25.8 Å². The highest BCUT2D eigenvalue weighted by Crippen LogP contribution is 2.44. The van der Waals surface area contributed by atoms with Gasteiger partial charge in [-0.1, -0.05) is 12.1 Å². The van der Waals surface area contributed by atoms with Crippen LogP contribution in [0.4, 0.5) is 14.9 Å². The molecule has 0 unspecified atom stereocenters. The average Bonchev–Trinajstić information content (AvgIpc) is 3.25. The molecule has 0 saturated carbocycles. The fourth-order valence-corrected chi connectivity index (χ4v) is 3.25. The Labute approximate surface area is 145 Å². The Morgan fingerprint density at radius 3 is 2.76 bits per heavy atom. The second-order valence-electron chi connectivity index (χ2n) is 6.17. The van der Waals surface area contributed by atoms with Crippen LogP contribution in [0.2, 0.25) is 0 Å². The molecule has 2 aliphatic rings. The molecule has 6 heteroatoms. The van der Waals surface area contributed by atoms with Gasteiger partial charge >= 0.3 is 6.03 Å². The SMILES string of the molecule is O=C(NCCc1ccc(F)cc1)Nc1c2c(cc3c1OCC3)OCC2. The second-order valence-corrected chi connectivity index (χ2v) is 6.17. The first-order valence-electron chi connectivity index (χ1n) is 8.44. The van der Waals surface area contributed by atoms with Crippen LogP contribution in [0.1, 0.15) is 16.7 Å². The minimum atomic E-state index is -0.278. The Bertz CT molecular complexity index is 773. The van der Waals surface area contributed by atoms with E-state index in [0.29, 0.717) is 26.2 Å². The monoisotopic (exact) mass is 342 g/mol. The van der Waals surface area contributed by atoms with E-state index in [2.05, 4.69) is 10.6 Å². The third kappa shape index (κ3) is 3.24. The van der Waals surface area contributed by atoms with Gasteiger partial charge in [-0.15, -0.1) is 0 Å². The lowest BCUT2D eigenvalue weighted by Crippen LogP contribution is -2.31. The van der Waals surface area contributed by atoms with Crippen LogP contribution >= 0.6 is 0 Å². The molecule has 130 valence electrons. The molecule has 2 amide bonds. The molecule has 2 heterocycles. The van der Waals surface area contributed by atoms with Crippen LogP contribution in [0.5, 0.6) is 11.5 Å². The van der Waals surface area contributed by atoms with E-state index in [1.807, 2.05) is 6.07 Å². The van der Waals surface area contributed by atoms with Gasteiger partial charge in [-0.05, 0) is 30.2 Å². The summed E-state index contributed by atoms with van der Waals surface area (Å²) in [5.41, 5.74) is 3.76. The third-order valence-corrected chi connectivity index (χ3v) is 4.50. The number of halogens is 1. The molecule has 2 N–H and O–H groups in total. The number of nitrogens with one attached hydrogen (secondary N) is 2. The van der Waals surface area contributed by atoms with E-state index in [9.17, 15) is 9.18 Å². The van der Waals surface area contributed by atoms with Gasteiger partial charge in [-0.25, -0.2) is 9.18 Å². The maximum atomic E-state index is 12.9. The van der Waals surface area contributed by atoms with E-state index in [-0.39, 0.29) is 11.8 Å². The summed E-state index contributed by atoms with van der Waals surface area (Å²) in [6, 6.07) is 8.02. The van der Waals surface area contributed by atoms with Crippen molar-refractivity contribution in [3.05, 3.63) is 52.8 Å². The van der Waals surface area contributed by atoms with Crippen molar-refractivity contribution in [2.75, 3.05) is 25.1 Å². The zero-order chi connectivity index (χ0) is 17.2. The second kappa shape index (κ2) is 6.63.